The molecule has 0 N–H and O–H groups in total. The van der Waals surface area contributed by atoms with Gasteiger partial charge in [-0.1, -0.05) is 18.2 Å². The highest BCUT2D eigenvalue weighted by Crippen LogP contribution is 2.35. The van der Waals surface area contributed by atoms with Crippen LogP contribution in [0.15, 0.2) is 28.7 Å². The number of carbonyl (C=O) groups is 1. The average Bonchev–Trinajstić information content (AvgIpc) is 2.59. The monoisotopic (exact) mass is 243 g/mol. The number of aryl methyl sites for hydroxylation is 3. The molecular weight excluding hydrogens is 226 g/mol. The summed E-state index contributed by atoms with van der Waals surface area (Å²) < 4.78 is 5.59. The lowest BCUT2D eigenvalue weighted by atomic mass is 10.1. The van der Waals surface area contributed by atoms with Crippen molar-refractivity contribution in [3.8, 4) is 0 Å². The van der Waals surface area contributed by atoms with Crippen molar-refractivity contribution in [3.05, 3.63) is 46.9 Å². The van der Waals surface area contributed by atoms with Crippen LogP contribution >= 0.6 is 0 Å². The number of carbonyl (C=O) groups excluding carboxylic acids is 1. The minimum absolute atomic E-state index is 0.764. The highest BCUT2D eigenvalue weighted by Gasteiger charge is 2.19. The van der Waals surface area contributed by atoms with Gasteiger partial charge in [-0.25, -0.2) is 0 Å². The fourth-order valence-electron chi connectivity index (χ4n) is 2.20. The lowest BCUT2D eigenvalue weighted by Gasteiger charge is -2.19. The number of amides is 1. The molecule has 0 spiro atoms. The average molecular weight is 243 g/mol. The van der Waals surface area contributed by atoms with Gasteiger partial charge in [0.2, 0.25) is 6.41 Å². The van der Waals surface area contributed by atoms with Crippen LogP contribution in [-0.4, -0.2) is 6.41 Å². The maximum atomic E-state index is 11.5. The molecule has 0 aliphatic carbocycles. The summed E-state index contributed by atoms with van der Waals surface area (Å²) in [4.78, 5) is 13.1. The molecule has 0 aliphatic heterocycles. The highest BCUT2D eigenvalue weighted by molar-refractivity contribution is 5.89. The SMILES string of the molecule is Cc1ccccc1N(C=O)c1c(C)oc(C)c1C. The maximum Gasteiger partial charge on any atom is 0.218 e. The van der Waals surface area contributed by atoms with Crippen molar-refractivity contribution in [3.63, 3.8) is 0 Å². The zero-order valence-corrected chi connectivity index (χ0v) is 11.2. The van der Waals surface area contributed by atoms with Crippen LogP contribution in [0.2, 0.25) is 0 Å². The van der Waals surface area contributed by atoms with Crippen molar-refractivity contribution in [2.24, 2.45) is 0 Å². The van der Waals surface area contributed by atoms with Crippen LogP contribution in [0.1, 0.15) is 22.6 Å². The second-order valence-electron chi connectivity index (χ2n) is 4.45. The van der Waals surface area contributed by atoms with E-state index in [1.165, 1.54) is 0 Å². The summed E-state index contributed by atoms with van der Waals surface area (Å²) in [5.41, 5.74) is 3.79. The van der Waals surface area contributed by atoms with E-state index in [0.29, 0.717) is 0 Å². The van der Waals surface area contributed by atoms with Crippen molar-refractivity contribution in [2.75, 3.05) is 4.90 Å². The molecule has 3 heteroatoms. The molecule has 0 bridgehead atoms. The van der Waals surface area contributed by atoms with E-state index in [1.54, 1.807) is 4.90 Å². The predicted molar refractivity (Wildman–Crippen MR) is 72.3 cm³/mol. The molecule has 1 aromatic heterocycles. The van der Waals surface area contributed by atoms with Crippen LogP contribution in [0.3, 0.4) is 0 Å². The van der Waals surface area contributed by atoms with Crippen LogP contribution < -0.4 is 4.90 Å². The lowest BCUT2D eigenvalue weighted by molar-refractivity contribution is -0.106. The number of anilines is 2. The molecule has 0 aliphatic rings. The number of furan rings is 1. The Labute approximate surface area is 107 Å². The van der Waals surface area contributed by atoms with Gasteiger partial charge in [-0.15, -0.1) is 0 Å². The number of benzene rings is 1. The van der Waals surface area contributed by atoms with Crippen molar-refractivity contribution in [1.29, 1.82) is 0 Å². The van der Waals surface area contributed by atoms with Crippen molar-refractivity contribution < 1.29 is 9.21 Å². The Hall–Kier alpha value is -2.03. The van der Waals surface area contributed by atoms with Crippen molar-refractivity contribution in [2.45, 2.75) is 27.7 Å². The molecule has 2 rings (SSSR count). The lowest BCUT2D eigenvalue weighted by Crippen LogP contribution is -2.16. The van der Waals surface area contributed by atoms with E-state index in [0.717, 1.165) is 40.4 Å². The number of nitrogens with zero attached hydrogens (tertiary/aromatic N) is 1. The van der Waals surface area contributed by atoms with Gasteiger partial charge in [-0.05, 0) is 39.3 Å². The van der Waals surface area contributed by atoms with Gasteiger partial charge in [0.05, 0.1) is 11.4 Å². The zero-order chi connectivity index (χ0) is 13.3. The molecule has 0 radical (unpaired) electrons. The molecule has 1 heterocycles. The van der Waals surface area contributed by atoms with Crippen molar-refractivity contribution >= 4 is 17.8 Å². The van der Waals surface area contributed by atoms with Crippen molar-refractivity contribution in [1.82, 2.24) is 0 Å². The van der Waals surface area contributed by atoms with Gasteiger partial charge in [0, 0.05) is 5.56 Å². The Kier molecular flexibility index (Phi) is 3.24. The molecule has 1 amide bonds. The zero-order valence-electron chi connectivity index (χ0n) is 11.2. The first-order chi connectivity index (χ1) is 8.56. The molecule has 0 saturated carbocycles. The second-order valence-corrected chi connectivity index (χ2v) is 4.45. The van der Waals surface area contributed by atoms with Gasteiger partial charge in [-0.3, -0.25) is 9.69 Å². The molecule has 0 saturated heterocycles. The molecule has 0 unspecified atom stereocenters. The fraction of sp³-hybridized carbons (Fsp3) is 0.267. The van der Waals surface area contributed by atoms with E-state index >= 15 is 0 Å². The Bertz CT molecular complexity index is 584. The highest BCUT2D eigenvalue weighted by atomic mass is 16.3. The topological polar surface area (TPSA) is 33.5 Å². The Morgan fingerprint density at radius 3 is 2.22 bits per heavy atom. The summed E-state index contributed by atoms with van der Waals surface area (Å²) in [6.07, 6.45) is 0.840. The molecule has 94 valence electrons. The fourth-order valence-corrected chi connectivity index (χ4v) is 2.20. The number of rotatable bonds is 3. The van der Waals surface area contributed by atoms with E-state index in [4.69, 9.17) is 4.42 Å². The first-order valence-electron chi connectivity index (χ1n) is 5.93. The summed E-state index contributed by atoms with van der Waals surface area (Å²) in [6, 6.07) is 7.81. The Balaban J connectivity index is 2.59. The molecule has 3 nitrogen and oxygen atoms in total. The Morgan fingerprint density at radius 2 is 1.72 bits per heavy atom. The second kappa shape index (κ2) is 4.69. The predicted octanol–water partition coefficient (Wildman–Crippen LogP) is 3.81. The minimum atomic E-state index is 0.764. The third kappa shape index (κ3) is 1.92. The maximum absolute atomic E-state index is 11.5. The Morgan fingerprint density at radius 1 is 1.06 bits per heavy atom. The standard InChI is InChI=1S/C15H17NO2/c1-10-7-5-6-8-14(10)16(9-17)15-11(2)12(3)18-13(15)4/h5-9H,1-4H3. The van der Waals surface area contributed by atoms with E-state index in [-0.39, 0.29) is 0 Å². The van der Waals surface area contributed by atoms with E-state index in [2.05, 4.69) is 0 Å². The van der Waals surface area contributed by atoms with Crippen LogP contribution in [-0.2, 0) is 4.79 Å². The van der Waals surface area contributed by atoms with Crippen LogP contribution in [0.5, 0.6) is 0 Å². The number of hydrogen-bond donors (Lipinski definition) is 0. The molecule has 18 heavy (non-hydrogen) atoms. The van der Waals surface area contributed by atoms with E-state index in [1.807, 2.05) is 52.0 Å². The van der Waals surface area contributed by atoms with E-state index in [9.17, 15) is 4.79 Å². The van der Waals surface area contributed by atoms with Gasteiger partial charge in [-0.2, -0.15) is 0 Å². The summed E-state index contributed by atoms with van der Waals surface area (Å²) in [6.45, 7) is 7.75. The van der Waals surface area contributed by atoms with Gasteiger partial charge >= 0.3 is 0 Å². The largest absolute Gasteiger partial charge is 0.464 e. The van der Waals surface area contributed by atoms with Gasteiger partial charge < -0.3 is 4.42 Å². The summed E-state index contributed by atoms with van der Waals surface area (Å²) in [7, 11) is 0. The summed E-state index contributed by atoms with van der Waals surface area (Å²) in [5, 5.41) is 0. The third-order valence-corrected chi connectivity index (χ3v) is 3.24. The minimum Gasteiger partial charge on any atom is -0.464 e. The van der Waals surface area contributed by atoms with Gasteiger partial charge in [0.25, 0.3) is 0 Å². The first kappa shape index (κ1) is 12.4. The van der Waals surface area contributed by atoms with E-state index < -0.39 is 0 Å². The molecular formula is C15H17NO2. The van der Waals surface area contributed by atoms with Gasteiger partial charge in [0.1, 0.15) is 11.5 Å². The summed E-state index contributed by atoms with van der Waals surface area (Å²) >= 11 is 0. The molecule has 2 aromatic rings. The molecule has 0 atom stereocenters. The third-order valence-electron chi connectivity index (χ3n) is 3.24. The number of para-hydroxylation sites is 1. The van der Waals surface area contributed by atoms with Crippen LogP contribution in [0.25, 0.3) is 0 Å². The quantitative estimate of drug-likeness (QED) is 0.768. The smallest absolute Gasteiger partial charge is 0.218 e. The summed E-state index contributed by atoms with van der Waals surface area (Å²) in [5.74, 6) is 1.61. The van der Waals surface area contributed by atoms with Crippen LogP contribution in [0, 0.1) is 27.7 Å². The molecule has 0 fully saturated rings. The molecule has 1 aromatic carbocycles. The number of hydrogen-bond acceptors (Lipinski definition) is 2. The van der Waals surface area contributed by atoms with Gasteiger partial charge in [0.15, 0.2) is 0 Å². The van der Waals surface area contributed by atoms with Crippen LogP contribution in [0.4, 0.5) is 11.4 Å². The first-order valence-corrected chi connectivity index (χ1v) is 5.93. The normalized spacial score (nSPS) is 10.4.